The van der Waals surface area contributed by atoms with Crippen molar-refractivity contribution in [3.63, 3.8) is 0 Å². The minimum Gasteiger partial charge on any atom is -0.469 e. The van der Waals surface area contributed by atoms with Crippen LogP contribution in [0.2, 0.25) is 0 Å². The number of nitrogens with zero attached hydrogens (tertiary/aromatic N) is 2. The zero-order valence-corrected chi connectivity index (χ0v) is 11.2. The molecule has 19 heavy (non-hydrogen) atoms. The van der Waals surface area contributed by atoms with Crippen molar-refractivity contribution in [3.05, 3.63) is 30.2 Å². The van der Waals surface area contributed by atoms with E-state index < -0.39 is 0 Å². The Morgan fingerprint density at radius 2 is 2.16 bits per heavy atom. The van der Waals surface area contributed by atoms with Gasteiger partial charge in [-0.1, -0.05) is 0 Å². The van der Waals surface area contributed by atoms with Gasteiger partial charge in [0.25, 0.3) is 0 Å². The van der Waals surface area contributed by atoms with E-state index >= 15 is 0 Å². The zero-order valence-electron chi connectivity index (χ0n) is 11.2. The first-order chi connectivity index (χ1) is 9.17. The van der Waals surface area contributed by atoms with Crippen LogP contribution >= 0.6 is 0 Å². The smallest absolute Gasteiger partial charge is 0.223 e. The summed E-state index contributed by atoms with van der Waals surface area (Å²) in [6.07, 6.45) is 2.46. The van der Waals surface area contributed by atoms with Gasteiger partial charge < -0.3 is 20.8 Å². The van der Waals surface area contributed by atoms with E-state index in [0.717, 1.165) is 24.5 Å². The number of nitrogens with two attached hydrogens (primary N) is 1. The number of nitrogen functional groups attached to an aromatic ring is 1. The van der Waals surface area contributed by atoms with Crippen LogP contribution in [0.3, 0.4) is 0 Å². The van der Waals surface area contributed by atoms with Gasteiger partial charge in [0.2, 0.25) is 5.95 Å². The summed E-state index contributed by atoms with van der Waals surface area (Å²) in [5.74, 6) is 2.63. The highest BCUT2D eigenvalue weighted by Crippen LogP contribution is 2.14. The van der Waals surface area contributed by atoms with Gasteiger partial charge in [-0.25, -0.2) is 0 Å². The maximum absolute atomic E-state index is 5.68. The fourth-order valence-corrected chi connectivity index (χ4v) is 1.85. The molecule has 0 aromatic carbocycles. The second kappa shape index (κ2) is 6.08. The van der Waals surface area contributed by atoms with Gasteiger partial charge >= 0.3 is 0 Å². The topological polar surface area (TPSA) is 89.0 Å². The van der Waals surface area contributed by atoms with Gasteiger partial charge in [0.15, 0.2) is 0 Å². The lowest BCUT2D eigenvalue weighted by Gasteiger charge is -2.14. The highest BCUT2D eigenvalue weighted by Gasteiger charge is 2.08. The van der Waals surface area contributed by atoms with Gasteiger partial charge in [0.05, 0.1) is 6.26 Å². The summed E-state index contributed by atoms with van der Waals surface area (Å²) < 4.78 is 5.32. The van der Waals surface area contributed by atoms with Gasteiger partial charge in [0, 0.05) is 25.1 Å². The van der Waals surface area contributed by atoms with Crippen molar-refractivity contribution in [1.82, 2.24) is 9.97 Å². The number of nitrogens with one attached hydrogen (secondary N) is 2. The molecule has 1 atom stereocenters. The van der Waals surface area contributed by atoms with E-state index in [1.165, 1.54) is 0 Å². The molecule has 0 radical (unpaired) electrons. The van der Waals surface area contributed by atoms with Crippen molar-refractivity contribution in [1.29, 1.82) is 0 Å². The van der Waals surface area contributed by atoms with E-state index in [0.29, 0.717) is 5.82 Å². The molecular weight excluding hydrogens is 242 g/mol. The van der Waals surface area contributed by atoms with Crippen LogP contribution in [0.15, 0.2) is 28.9 Å². The molecule has 102 valence electrons. The second-order valence-electron chi connectivity index (χ2n) is 4.36. The molecule has 4 N–H and O–H groups in total. The number of anilines is 3. The van der Waals surface area contributed by atoms with Crippen LogP contribution in [0.4, 0.5) is 17.6 Å². The maximum Gasteiger partial charge on any atom is 0.223 e. The Balaban J connectivity index is 2.01. The Morgan fingerprint density at radius 3 is 2.84 bits per heavy atom. The molecule has 2 rings (SSSR count). The minimum atomic E-state index is 0.190. The summed E-state index contributed by atoms with van der Waals surface area (Å²) in [5, 5.41) is 6.41. The van der Waals surface area contributed by atoms with Crippen LogP contribution in [0.5, 0.6) is 0 Å². The standard InChI is InChI=1S/C13H19N5O/c1-3-15-11-8-12(18-13(14)17-11)16-9(2)7-10-5-4-6-19-10/h4-6,8-9H,3,7H2,1-2H3,(H4,14,15,16,17,18). The number of hydrogen-bond acceptors (Lipinski definition) is 6. The first kappa shape index (κ1) is 13.2. The Labute approximate surface area is 112 Å². The molecule has 0 fully saturated rings. The monoisotopic (exact) mass is 261 g/mol. The van der Waals surface area contributed by atoms with Crippen LogP contribution in [-0.4, -0.2) is 22.6 Å². The molecule has 6 nitrogen and oxygen atoms in total. The Morgan fingerprint density at radius 1 is 1.37 bits per heavy atom. The third kappa shape index (κ3) is 3.87. The van der Waals surface area contributed by atoms with Crippen LogP contribution in [0, 0.1) is 0 Å². The predicted molar refractivity (Wildman–Crippen MR) is 76.1 cm³/mol. The first-order valence-corrected chi connectivity index (χ1v) is 6.34. The molecule has 2 aromatic heterocycles. The van der Waals surface area contributed by atoms with Crippen molar-refractivity contribution in [3.8, 4) is 0 Å². The lowest BCUT2D eigenvalue weighted by molar-refractivity contribution is 0.497. The fourth-order valence-electron chi connectivity index (χ4n) is 1.85. The van der Waals surface area contributed by atoms with E-state index in [4.69, 9.17) is 10.2 Å². The van der Waals surface area contributed by atoms with E-state index in [1.807, 2.05) is 25.1 Å². The van der Waals surface area contributed by atoms with Gasteiger partial charge in [-0.3, -0.25) is 0 Å². The Kier molecular flexibility index (Phi) is 4.22. The molecule has 0 saturated heterocycles. The molecule has 0 aliphatic rings. The van der Waals surface area contributed by atoms with Crippen molar-refractivity contribution >= 4 is 17.6 Å². The summed E-state index contributed by atoms with van der Waals surface area (Å²) in [7, 11) is 0. The summed E-state index contributed by atoms with van der Waals surface area (Å²) in [5.41, 5.74) is 5.68. The molecule has 6 heteroatoms. The number of furan rings is 1. The van der Waals surface area contributed by atoms with Crippen LogP contribution in [0.25, 0.3) is 0 Å². The summed E-state index contributed by atoms with van der Waals surface area (Å²) >= 11 is 0. The van der Waals surface area contributed by atoms with E-state index in [1.54, 1.807) is 6.26 Å². The molecule has 0 aliphatic heterocycles. The van der Waals surface area contributed by atoms with E-state index in [-0.39, 0.29) is 12.0 Å². The Hall–Kier alpha value is -2.24. The molecular formula is C13H19N5O. The largest absolute Gasteiger partial charge is 0.469 e. The lowest BCUT2D eigenvalue weighted by atomic mass is 10.2. The number of hydrogen-bond donors (Lipinski definition) is 3. The maximum atomic E-state index is 5.68. The highest BCUT2D eigenvalue weighted by molar-refractivity contribution is 5.51. The van der Waals surface area contributed by atoms with Gasteiger partial charge in [-0.05, 0) is 26.0 Å². The summed E-state index contributed by atoms with van der Waals surface area (Å²) in [6, 6.07) is 5.87. The fraction of sp³-hybridized carbons (Fsp3) is 0.385. The van der Waals surface area contributed by atoms with Crippen LogP contribution in [-0.2, 0) is 6.42 Å². The van der Waals surface area contributed by atoms with Crippen molar-refractivity contribution < 1.29 is 4.42 Å². The molecule has 0 aliphatic carbocycles. The summed E-state index contributed by atoms with van der Waals surface area (Å²) in [6.45, 7) is 4.86. The molecule has 0 spiro atoms. The highest BCUT2D eigenvalue weighted by atomic mass is 16.3. The number of aromatic nitrogens is 2. The normalized spacial score (nSPS) is 12.1. The predicted octanol–water partition coefficient (Wildman–Crippen LogP) is 2.13. The molecule has 2 heterocycles. The summed E-state index contributed by atoms with van der Waals surface area (Å²) in [4.78, 5) is 8.27. The second-order valence-corrected chi connectivity index (χ2v) is 4.36. The third-order valence-corrected chi connectivity index (χ3v) is 2.58. The molecule has 0 amide bonds. The van der Waals surface area contributed by atoms with Crippen molar-refractivity contribution in [2.45, 2.75) is 26.3 Å². The van der Waals surface area contributed by atoms with Gasteiger partial charge in [-0.2, -0.15) is 9.97 Å². The lowest BCUT2D eigenvalue weighted by Crippen LogP contribution is -2.19. The van der Waals surface area contributed by atoms with Crippen molar-refractivity contribution in [2.75, 3.05) is 22.9 Å². The van der Waals surface area contributed by atoms with Gasteiger partial charge in [0.1, 0.15) is 17.4 Å². The molecule has 0 bridgehead atoms. The quantitative estimate of drug-likeness (QED) is 0.738. The third-order valence-electron chi connectivity index (χ3n) is 2.58. The van der Waals surface area contributed by atoms with Crippen molar-refractivity contribution in [2.24, 2.45) is 0 Å². The molecule has 2 aromatic rings. The Bertz CT molecular complexity index is 512. The van der Waals surface area contributed by atoms with Crippen LogP contribution < -0.4 is 16.4 Å². The van der Waals surface area contributed by atoms with E-state index in [9.17, 15) is 0 Å². The molecule has 1 unspecified atom stereocenters. The first-order valence-electron chi connectivity index (χ1n) is 6.34. The van der Waals surface area contributed by atoms with E-state index in [2.05, 4.69) is 27.5 Å². The SMILES string of the molecule is CCNc1cc(NC(C)Cc2ccco2)nc(N)n1. The average molecular weight is 261 g/mol. The minimum absolute atomic E-state index is 0.190. The zero-order chi connectivity index (χ0) is 13.7. The molecule has 0 saturated carbocycles. The van der Waals surface area contributed by atoms with Crippen LogP contribution in [0.1, 0.15) is 19.6 Å². The average Bonchev–Trinajstić information content (AvgIpc) is 2.81. The number of rotatable bonds is 6. The van der Waals surface area contributed by atoms with Gasteiger partial charge in [-0.15, -0.1) is 0 Å².